The van der Waals surface area contributed by atoms with Crippen LogP contribution in [-0.4, -0.2) is 15.0 Å². The standard InChI is InChI=1S/C45H27N3O2/c1-2-9-30(10-3-1)37-27-38(31-19-17-28(18-20-31)29-23-25-46-26-24-29)48-45(47-37)36-22-21-33(43-35-12-5-7-15-40(35)50-44(36)43)32-13-8-16-41-42(32)34-11-4-6-14-39(34)49-41/h1-27H. The highest BCUT2D eigenvalue weighted by Crippen LogP contribution is 2.45. The minimum Gasteiger partial charge on any atom is -0.456 e. The van der Waals surface area contributed by atoms with Crippen molar-refractivity contribution in [2.45, 2.75) is 0 Å². The average molecular weight is 642 g/mol. The minimum absolute atomic E-state index is 0.599. The van der Waals surface area contributed by atoms with Crippen LogP contribution in [0, 0.1) is 0 Å². The maximum atomic E-state index is 6.73. The van der Waals surface area contributed by atoms with Crippen LogP contribution in [0.25, 0.3) is 100 Å². The number of aromatic nitrogens is 3. The molecule has 5 nitrogen and oxygen atoms in total. The first kappa shape index (κ1) is 28.2. The van der Waals surface area contributed by atoms with Gasteiger partial charge in [0.2, 0.25) is 0 Å². The molecule has 6 aromatic carbocycles. The van der Waals surface area contributed by atoms with E-state index in [1.165, 1.54) is 0 Å². The van der Waals surface area contributed by atoms with E-state index < -0.39 is 0 Å². The number of hydrogen-bond acceptors (Lipinski definition) is 5. The minimum atomic E-state index is 0.599. The molecule has 0 aliphatic rings. The number of para-hydroxylation sites is 2. The van der Waals surface area contributed by atoms with Gasteiger partial charge < -0.3 is 8.83 Å². The van der Waals surface area contributed by atoms with Crippen molar-refractivity contribution < 1.29 is 8.83 Å². The van der Waals surface area contributed by atoms with E-state index in [0.717, 1.165) is 94.2 Å². The van der Waals surface area contributed by atoms with E-state index in [9.17, 15) is 0 Å². The van der Waals surface area contributed by atoms with Gasteiger partial charge in [0.05, 0.1) is 17.0 Å². The largest absolute Gasteiger partial charge is 0.456 e. The van der Waals surface area contributed by atoms with Crippen LogP contribution < -0.4 is 0 Å². The average Bonchev–Trinajstić information content (AvgIpc) is 3.77. The van der Waals surface area contributed by atoms with E-state index in [1.807, 2.05) is 73.1 Å². The molecule has 10 aromatic rings. The Morgan fingerprint density at radius 1 is 0.380 bits per heavy atom. The first-order valence-electron chi connectivity index (χ1n) is 16.6. The SMILES string of the molecule is c1ccc(-c2cc(-c3ccc(-c4ccncc4)cc3)nc(-c3ccc(-c4cccc5oc6ccccc6c45)c4c3oc3ccccc34)n2)cc1. The van der Waals surface area contributed by atoms with Crippen molar-refractivity contribution >= 4 is 43.9 Å². The zero-order valence-electron chi connectivity index (χ0n) is 26.7. The predicted molar refractivity (Wildman–Crippen MR) is 202 cm³/mol. The van der Waals surface area contributed by atoms with E-state index in [1.54, 1.807) is 0 Å². The molecule has 0 saturated carbocycles. The zero-order valence-corrected chi connectivity index (χ0v) is 26.7. The van der Waals surface area contributed by atoms with Crippen molar-refractivity contribution in [3.8, 4) is 56.2 Å². The number of nitrogens with zero attached hydrogens (tertiary/aromatic N) is 3. The van der Waals surface area contributed by atoms with Gasteiger partial charge in [0.15, 0.2) is 5.82 Å². The lowest BCUT2D eigenvalue weighted by Gasteiger charge is -2.12. The fourth-order valence-electron chi connectivity index (χ4n) is 7.08. The molecule has 4 heterocycles. The molecule has 0 fully saturated rings. The summed E-state index contributed by atoms with van der Waals surface area (Å²) in [6, 6.07) is 51.8. The lowest BCUT2D eigenvalue weighted by atomic mass is 9.93. The highest BCUT2D eigenvalue weighted by atomic mass is 16.3. The molecule has 5 heteroatoms. The third kappa shape index (κ3) is 4.60. The molecule has 0 spiro atoms. The summed E-state index contributed by atoms with van der Waals surface area (Å²) in [4.78, 5) is 14.6. The van der Waals surface area contributed by atoms with Crippen LogP contribution in [0.4, 0.5) is 0 Å². The van der Waals surface area contributed by atoms with Gasteiger partial charge in [-0.05, 0) is 64.7 Å². The summed E-state index contributed by atoms with van der Waals surface area (Å²) < 4.78 is 13.0. The Morgan fingerprint density at radius 2 is 0.940 bits per heavy atom. The first-order chi connectivity index (χ1) is 24.8. The highest BCUT2D eigenvalue weighted by Gasteiger charge is 2.22. The second kappa shape index (κ2) is 11.4. The molecular formula is C45H27N3O2. The molecule has 0 aliphatic carbocycles. The van der Waals surface area contributed by atoms with Crippen molar-refractivity contribution in [3.63, 3.8) is 0 Å². The number of fused-ring (bicyclic) bond motifs is 6. The van der Waals surface area contributed by atoms with E-state index in [-0.39, 0.29) is 0 Å². The number of furan rings is 2. The van der Waals surface area contributed by atoms with Crippen molar-refractivity contribution in [2.24, 2.45) is 0 Å². The lowest BCUT2D eigenvalue weighted by molar-refractivity contribution is 0.668. The van der Waals surface area contributed by atoms with Gasteiger partial charge in [-0.25, -0.2) is 9.97 Å². The Morgan fingerprint density at radius 3 is 1.70 bits per heavy atom. The second-order valence-electron chi connectivity index (χ2n) is 12.4. The van der Waals surface area contributed by atoms with Crippen LogP contribution in [0.2, 0.25) is 0 Å². The molecule has 10 rings (SSSR count). The van der Waals surface area contributed by atoms with Crippen molar-refractivity contribution in [3.05, 3.63) is 164 Å². The van der Waals surface area contributed by atoms with Crippen LogP contribution in [0.1, 0.15) is 0 Å². The molecule has 0 saturated heterocycles. The maximum Gasteiger partial charge on any atom is 0.164 e. The third-order valence-electron chi connectivity index (χ3n) is 9.45. The van der Waals surface area contributed by atoms with Gasteiger partial charge in [0, 0.05) is 45.1 Å². The van der Waals surface area contributed by atoms with E-state index in [0.29, 0.717) is 5.82 Å². The van der Waals surface area contributed by atoms with E-state index in [2.05, 4.69) is 96.0 Å². The van der Waals surface area contributed by atoms with Crippen LogP contribution in [0.3, 0.4) is 0 Å². The third-order valence-corrected chi connectivity index (χ3v) is 9.45. The molecule has 0 aliphatic heterocycles. The number of hydrogen-bond donors (Lipinski definition) is 0. The monoisotopic (exact) mass is 641 g/mol. The molecule has 50 heavy (non-hydrogen) atoms. The van der Waals surface area contributed by atoms with Crippen LogP contribution in [-0.2, 0) is 0 Å². The maximum absolute atomic E-state index is 6.73. The number of pyridine rings is 1. The molecule has 0 unspecified atom stereocenters. The lowest BCUT2D eigenvalue weighted by Crippen LogP contribution is -1.96. The summed E-state index contributed by atoms with van der Waals surface area (Å²) in [5.74, 6) is 0.599. The number of rotatable bonds is 5. The smallest absolute Gasteiger partial charge is 0.164 e. The topological polar surface area (TPSA) is 65.0 Å². The normalized spacial score (nSPS) is 11.6. The van der Waals surface area contributed by atoms with Gasteiger partial charge in [0.1, 0.15) is 22.3 Å². The van der Waals surface area contributed by atoms with Crippen LogP contribution in [0.5, 0.6) is 0 Å². The van der Waals surface area contributed by atoms with Gasteiger partial charge in [-0.2, -0.15) is 0 Å². The molecule has 0 amide bonds. The predicted octanol–water partition coefficient (Wildman–Crippen LogP) is 12.0. The number of benzene rings is 6. The van der Waals surface area contributed by atoms with Crippen molar-refractivity contribution in [2.75, 3.05) is 0 Å². The van der Waals surface area contributed by atoms with E-state index >= 15 is 0 Å². The van der Waals surface area contributed by atoms with Gasteiger partial charge in [-0.3, -0.25) is 4.98 Å². The fraction of sp³-hybridized carbons (Fsp3) is 0. The second-order valence-corrected chi connectivity index (χ2v) is 12.4. The zero-order chi connectivity index (χ0) is 33.0. The van der Waals surface area contributed by atoms with E-state index in [4.69, 9.17) is 18.8 Å². The Bertz CT molecular complexity index is 2850. The van der Waals surface area contributed by atoms with Crippen LogP contribution >= 0.6 is 0 Å². The molecule has 0 atom stereocenters. The molecular weight excluding hydrogens is 615 g/mol. The summed E-state index contributed by atoms with van der Waals surface area (Å²) in [7, 11) is 0. The van der Waals surface area contributed by atoms with Gasteiger partial charge >= 0.3 is 0 Å². The highest BCUT2D eigenvalue weighted by molar-refractivity contribution is 6.21. The molecule has 234 valence electrons. The fourth-order valence-corrected chi connectivity index (χ4v) is 7.08. The molecule has 0 radical (unpaired) electrons. The molecule has 4 aromatic heterocycles. The van der Waals surface area contributed by atoms with Crippen LogP contribution in [0.15, 0.2) is 173 Å². The molecule has 0 N–H and O–H groups in total. The summed E-state index contributed by atoms with van der Waals surface area (Å²) >= 11 is 0. The first-order valence-corrected chi connectivity index (χ1v) is 16.6. The van der Waals surface area contributed by atoms with Gasteiger partial charge in [-0.1, -0.05) is 109 Å². The Hall–Kier alpha value is -6.85. The Balaban J connectivity index is 1.21. The van der Waals surface area contributed by atoms with Gasteiger partial charge in [-0.15, -0.1) is 0 Å². The summed E-state index contributed by atoms with van der Waals surface area (Å²) in [6.45, 7) is 0. The molecule has 0 bridgehead atoms. The van der Waals surface area contributed by atoms with Crippen molar-refractivity contribution in [1.29, 1.82) is 0 Å². The van der Waals surface area contributed by atoms with Gasteiger partial charge in [0.25, 0.3) is 0 Å². The van der Waals surface area contributed by atoms with Crippen molar-refractivity contribution in [1.82, 2.24) is 15.0 Å². The quantitative estimate of drug-likeness (QED) is 0.187. The summed E-state index contributed by atoms with van der Waals surface area (Å²) in [5, 5.41) is 4.23. The Kier molecular flexibility index (Phi) is 6.42. The summed E-state index contributed by atoms with van der Waals surface area (Å²) in [6.07, 6.45) is 3.63. The Labute approximate surface area is 287 Å². The summed E-state index contributed by atoms with van der Waals surface area (Å²) in [5.41, 5.74) is 12.2.